The lowest BCUT2D eigenvalue weighted by atomic mass is 9.96. The molecule has 0 N–H and O–H groups in total. The van der Waals surface area contributed by atoms with E-state index in [1.807, 2.05) is 0 Å². The van der Waals surface area contributed by atoms with Crippen molar-refractivity contribution in [1.82, 2.24) is 0 Å². The van der Waals surface area contributed by atoms with Gasteiger partial charge in [0.15, 0.2) is 11.4 Å². The minimum atomic E-state index is -1.09. The maximum Gasteiger partial charge on any atom is 0.306 e. The van der Waals surface area contributed by atoms with Gasteiger partial charge in [-0.15, -0.1) is 0 Å². The summed E-state index contributed by atoms with van der Waals surface area (Å²) in [4.78, 5) is 33.1. The molecule has 6 heteroatoms. The van der Waals surface area contributed by atoms with Crippen LogP contribution >= 0.6 is 0 Å². The fraction of sp³-hybridized carbons (Fsp3) is 0.286. The largest absolute Gasteiger partial charge is 0.451 e. The summed E-state index contributed by atoms with van der Waals surface area (Å²) >= 11 is 0. The van der Waals surface area contributed by atoms with Crippen molar-refractivity contribution >= 4 is 23.5 Å². The maximum atomic E-state index is 12.0. The van der Waals surface area contributed by atoms with Crippen molar-refractivity contribution in [2.75, 3.05) is 0 Å². The normalized spacial score (nSPS) is 21.9. The van der Waals surface area contributed by atoms with E-state index in [1.165, 1.54) is 18.2 Å². The third kappa shape index (κ3) is 2.90. The first-order valence-corrected chi connectivity index (χ1v) is 6.09. The Morgan fingerprint density at radius 1 is 1.40 bits per heavy atom. The van der Waals surface area contributed by atoms with Crippen LogP contribution in [0.4, 0.5) is 5.69 Å². The Morgan fingerprint density at radius 3 is 2.55 bits per heavy atom. The Kier molecular flexibility index (Phi) is 3.65. The van der Waals surface area contributed by atoms with Gasteiger partial charge >= 0.3 is 5.97 Å². The molecule has 1 heterocycles. The van der Waals surface area contributed by atoms with E-state index in [-0.39, 0.29) is 23.9 Å². The van der Waals surface area contributed by atoms with Crippen molar-refractivity contribution < 1.29 is 19.2 Å². The van der Waals surface area contributed by atoms with Crippen molar-refractivity contribution in [3.8, 4) is 0 Å². The molecule has 1 saturated heterocycles. The Hall–Kier alpha value is -2.50. The molecule has 1 fully saturated rings. The van der Waals surface area contributed by atoms with Gasteiger partial charge in [0.25, 0.3) is 5.69 Å². The third-order valence-corrected chi connectivity index (χ3v) is 3.20. The lowest BCUT2D eigenvalue weighted by Crippen LogP contribution is -2.33. The molecule has 0 bridgehead atoms. The predicted molar refractivity (Wildman–Crippen MR) is 70.9 cm³/mol. The average molecular weight is 275 g/mol. The van der Waals surface area contributed by atoms with Gasteiger partial charge in [0.1, 0.15) is 0 Å². The molecule has 2 rings (SSSR count). The molecule has 1 atom stereocenters. The molecule has 104 valence electrons. The highest BCUT2D eigenvalue weighted by Crippen LogP contribution is 2.27. The van der Waals surface area contributed by atoms with Crippen molar-refractivity contribution in [2.24, 2.45) is 0 Å². The minimum Gasteiger partial charge on any atom is -0.451 e. The molecular weight excluding hydrogens is 262 g/mol. The second kappa shape index (κ2) is 5.24. The number of nitro groups is 1. The molecule has 1 aromatic rings. The zero-order chi connectivity index (χ0) is 14.8. The van der Waals surface area contributed by atoms with Crippen LogP contribution < -0.4 is 0 Å². The summed E-state index contributed by atoms with van der Waals surface area (Å²) in [5.41, 5.74) is -0.434. The Balaban J connectivity index is 2.07. The van der Waals surface area contributed by atoms with E-state index in [0.717, 1.165) is 0 Å². The number of rotatable bonds is 4. The Labute approximate surface area is 115 Å². The molecule has 20 heavy (non-hydrogen) atoms. The maximum absolute atomic E-state index is 12.0. The summed E-state index contributed by atoms with van der Waals surface area (Å²) in [5, 5.41) is 10.5. The van der Waals surface area contributed by atoms with Gasteiger partial charge in [-0.25, -0.2) is 0 Å². The fourth-order valence-corrected chi connectivity index (χ4v) is 1.92. The van der Waals surface area contributed by atoms with Crippen LogP contribution in [0.25, 0.3) is 6.08 Å². The number of nitrogens with zero attached hydrogens (tertiary/aromatic N) is 1. The van der Waals surface area contributed by atoms with Gasteiger partial charge in [-0.05, 0) is 30.7 Å². The summed E-state index contributed by atoms with van der Waals surface area (Å²) in [5.74, 6) is -0.661. The molecule has 0 aromatic heterocycles. The number of cyclic esters (lactones) is 1. The summed E-state index contributed by atoms with van der Waals surface area (Å²) in [7, 11) is 0. The number of non-ortho nitro benzene ring substituents is 1. The van der Waals surface area contributed by atoms with E-state index in [2.05, 4.69) is 0 Å². The predicted octanol–water partition coefficient (Wildman–Crippen LogP) is 2.27. The quantitative estimate of drug-likeness (QED) is 0.364. The van der Waals surface area contributed by atoms with Gasteiger partial charge in [-0.2, -0.15) is 0 Å². The summed E-state index contributed by atoms with van der Waals surface area (Å²) < 4.78 is 5.02. The first kappa shape index (κ1) is 13.9. The van der Waals surface area contributed by atoms with E-state index in [9.17, 15) is 19.7 Å². The molecule has 0 saturated carbocycles. The van der Waals surface area contributed by atoms with E-state index >= 15 is 0 Å². The number of nitro benzene ring substituents is 1. The lowest BCUT2D eigenvalue weighted by Gasteiger charge is -2.18. The van der Waals surface area contributed by atoms with Gasteiger partial charge in [0, 0.05) is 25.0 Å². The minimum absolute atomic E-state index is 0.00911. The number of carbonyl (C=O) groups is 2. The van der Waals surface area contributed by atoms with Crippen LogP contribution in [0.3, 0.4) is 0 Å². The molecule has 0 radical (unpaired) electrons. The number of hydrogen-bond donors (Lipinski definition) is 0. The van der Waals surface area contributed by atoms with Gasteiger partial charge in [0.05, 0.1) is 4.92 Å². The van der Waals surface area contributed by atoms with Crippen LogP contribution in [0.5, 0.6) is 0 Å². The van der Waals surface area contributed by atoms with Crippen LogP contribution in [-0.2, 0) is 14.3 Å². The van der Waals surface area contributed by atoms with E-state index in [4.69, 9.17) is 4.74 Å². The van der Waals surface area contributed by atoms with E-state index in [1.54, 1.807) is 25.1 Å². The molecule has 0 aliphatic carbocycles. The number of benzene rings is 1. The molecular formula is C14H13NO5. The number of carbonyl (C=O) groups excluding carboxylic acids is 2. The van der Waals surface area contributed by atoms with Gasteiger partial charge < -0.3 is 4.74 Å². The lowest BCUT2D eigenvalue weighted by molar-refractivity contribution is -0.384. The highest BCUT2D eigenvalue weighted by molar-refractivity contribution is 6.02. The van der Waals surface area contributed by atoms with Crippen molar-refractivity contribution in [1.29, 1.82) is 0 Å². The topological polar surface area (TPSA) is 86.5 Å². The number of hydrogen-bond acceptors (Lipinski definition) is 5. The molecule has 6 nitrogen and oxygen atoms in total. The van der Waals surface area contributed by atoms with Crippen molar-refractivity contribution in [2.45, 2.75) is 25.4 Å². The van der Waals surface area contributed by atoms with Crippen LogP contribution in [0.2, 0.25) is 0 Å². The van der Waals surface area contributed by atoms with Crippen LogP contribution in [0.1, 0.15) is 25.3 Å². The van der Waals surface area contributed by atoms with Crippen molar-refractivity contribution in [3.63, 3.8) is 0 Å². The number of ether oxygens (including phenoxy) is 1. The van der Waals surface area contributed by atoms with Crippen LogP contribution in [0, 0.1) is 10.1 Å². The Bertz CT molecular complexity index is 590. The third-order valence-electron chi connectivity index (χ3n) is 3.20. The first-order valence-electron chi connectivity index (χ1n) is 6.09. The molecule has 1 aliphatic rings. The zero-order valence-electron chi connectivity index (χ0n) is 10.9. The zero-order valence-corrected chi connectivity index (χ0v) is 10.9. The number of ketones is 1. The second-order valence-corrected chi connectivity index (χ2v) is 4.75. The Morgan fingerprint density at radius 2 is 2.05 bits per heavy atom. The molecule has 1 unspecified atom stereocenters. The summed E-state index contributed by atoms with van der Waals surface area (Å²) in [6.07, 6.45) is 3.49. The van der Waals surface area contributed by atoms with Crippen molar-refractivity contribution in [3.05, 3.63) is 46.0 Å². The molecule has 1 aromatic carbocycles. The monoisotopic (exact) mass is 275 g/mol. The SMILES string of the molecule is CC1(C(=O)/C=C/c2ccc([N+](=O)[O-])cc2)CCC(=O)O1. The second-order valence-electron chi connectivity index (χ2n) is 4.75. The molecule has 0 amide bonds. The van der Waals surface area contributed by atoms with Crippen LogP contribution in [0.15, 0.2) is 30.3 Å². The summed E-state index contributed by atoms with van der Waals surface area (Å²) in [6, 6.07) is 5.82. The van der Waals surface area contributed by atoms with E-state index in [0.29, 0.717) is 12.0 Å². The average Bonchev–Trinajstić information content (AvgIpc) is 2.77. The van der Waals surface area contributed by atoms with Gasteiger partial charge in [-0.1, -0.05) is 6.08 Å². The first-order chi connectivity index (χ1) is 9.40. The highest BCUT2D eigenvalue weighted by Gasteiger charge is 2.41. The fourth-order valence-electron chi connectivity index (χ4n) is 1.92. The van der Waals surface area contributed by atoms with Gasteiger partial charge in [0.2, 0.25) is 0 Å². The molecule has 1 aliphatic heterocycles. The van der Waals surface area contributed by atoms with Gasteiger partial charge in [-0.3, -0.25) is 19.7 Å². The smallest absolute Gasteiger partial charge is 0.306 e. The molecule has 0 spiro atoms. The standard InChI is InChI=1S/C14H13NO5/c1-14(9-8-13(17)20-14)12(16)7-4-10-2-5-11(6-3-10)15(18)19/h2-7H,8-9H2,1H3/b7-4+. The highest BCUT2D eigenvalue weighted by atomic mass is 16.6. The van der Waals surface area contributed by atoms with E-state index < -0.39 is 10.5 Å². The summed E-state index contributed by atoms with van der Waals surface area (Å²) in [6.45, 7) is 1.58. The number of esters is 1. The van der Waals surface area contributed by atoms with Crippen LogP contribution in [-0.4, -0.2) is 22.3 Å².